The molecule has 1 aliphatic heterocycles. The van der Waals surface area contributed by atoms with Crippen LogP contribution in [0.25, 0.3) is 0 Å². The van der Waals surface area contributed by atoms with Gasteiger partial charge in [0, 0.05) is 27.3 Å². The largest absolute Gasteiger partial charge is 0.375 e. The summed E-state index contributed by atoms with van der Waals surface area (Å²) in [7, 11) is 4.05. The minimum absolute atomic E-state index is 0.167. The smallest absolute Gasteiger partial charge is 0.194 e. The van der Waals surface area contributed by atoms with Crippen molar-refractivity contribution in [3.63, 3.8) is 0 Å². The number of hydrogen-bond acceptors (Lipinski definition) is 3. The van der Waals surface area contributed by atoms with E-state index in [-0.39, 0.29) is 17.7 Å². The van der Waals surface area contributed by atoms with E-state index in [2.05, 4.69) is 24.4 Å². The average molecular weight is 331 g/mol. The fourth-order valence-corrected chi connectivity index (χ4v) is 3.70. The molecule has 2 aliphatic rings. The molecule has 0 radical (unpaired) electrons. The Bertz CT molecular complexity index is 553. The summed E-state index contributed by atoms with van der Waals surface area (Å²) in [4.78, 5) is 6.82. The summed E-state index contributed by atoms with van der Waals surface area (Å²) in [5, 5.41) is 3.62. The highest BCUT2D eigenvalue weighted by atomic mass is 16.6. The van der Waals surface area contributed by atoms with Crippen LogP contribution < -0.4 is 5.32 Å². The van der Waals surface area contributed by atoms with E-state index in [0.717, 1.165) is 38.4 Å². The van der Waals surface area contributed by atoms with E-state index in [4.69, 9.17) is 14.5 Å². The first-order chi connectivity index (χ1) is 11.7. The van der Waals surface area contributed by atoms with Crippen LogP contribution in [-0.4, -0.2) is 55.9 Å². The van der Waals surface area contributed by atoms with E-state index in [0.29, 0.717) is 6.54 Å². The molecule has 1 heterocycles. The standard InChI is InChI=1S/C19H29N3O2/c1-4-23-17-13-16(19(17)11-8-12-24-19)21-18(22(2)3)20-14-15-9-6-5-7-10-15/h5-7,9-10,16-17H,4,8,11-14H2,1-3H3,(H,20,21). The third kappa shape index (κ3) is 3.42. The number of aliphatic imine (C=N–C) groups is 1. The van der Waals surface area contributed by atoms with Gasteiger partial charge in [0.25, 0.3) is 0 Å². The van der Waals surface area contributed by atoms with Crippen molar-refractivity contribution in [3.05, 3.63) is 35.9 Å². The van der Waals surface area contributed by atoms with Crippen LogP contribution in [0.1, 0.15) is 31.7 Å². The Kier molecular flexibility index (Phi) is 5.41. The van der Waals surface area contributed by atoms with Crippen LogP contribution in [0.2, 0.25) is 0 Å². The highest BCUT2D eigenvalue weighted by Crippen LogP contribution is 2.45. The maximum absolute atomic E-state index is 6.14. The van der Waals surface area contributed by atoms with Crippen molar-refractivity contribution in [3.8, 4) is 0 Å². The Hall–Kier alpha value is -1.59. The van der Waals surface area contributed by atoms with Crippen LogP contribution in [0.5, 0.6) is 0 Å². The first-order valence-corrected chi connectivity index (χ1v) is 8.93. The van der Waals surface area contributed by atoms with Gasteiger partial charge in [-0.2, -0.15) is 0 Å². The number of benzene rings is 1. The van der Waals surface area contributed by atoms with E-state index in [1.807, 2.05) is 37.2 Å². The van der Waals surface area contributed by atoms with Gasteiger partial charge in [-0.25, -0.2) is 4.99 Å². The molecule has 1 spiro atoms. The molecule has 1 aliphatic carbocycles. The number of ether oxygens (including phenoxy) is 2. The summed E-state index contributed by atoms with van der Waals surface area (Å²) in [5.74, 6) is 0.911. The molecule has 0 bridgehead atoms. The van der Waals surface area contributed by atoms with Gasteiger partial charge < -0.3 is 19.7 Å². The molecule has 2 fully saturated rings. The monoisotopic (exact) mass is 331 g/mol. The van der Waals surface area contributed by atoms with E-state index >= 15 is 0 Å². The minimum Gasteiger partial charge on any atom is -0.375 e. The zero-order chi connectivity index (χ0) is 17.0. The van der Waals surface area contributed by atoms with Crippen LogP contribution in [0.15, 0.2) is 35.3 Å². The third-order valence-corrected chi connectivity index (χ3v) is 5.02. The second-order valence-corrected chi connectivity index (χ2v) is 6.80. The van der Waals surface area contributed by atoms with Crippen LogP contribution >= 0.6 is 0 Å². The molecule has 5 nitrogen and oxygen atoms in total. The Morgan fingerprint density at radius 3 is 2.79 bits per heavy atom. The van der Waals surface area contributed by atoms with Crippen LogP contribution in [-0.2, 0) is 16.0 Å². The van der Waals surface area contributed by atoms with Gasteiger partial charge in [-0.3, -0.25) is 0 Å². The first kappa shape index (κ1) is 17.2. The lowest BCUT2D eigenvalue weighted by atomic mass is 9.70. The lowest BCUT2D eigenvalue weighted by Crippen LogP contribution is -2.70. The maximum atomic E-state index is 6.14. The molecule has 1 N–H and O–H groups in total. The molecule has 132 valence electrons. The highest BCUT2D eigenvalue weighted by molar-refractivity contribution is 5.80. The number of rotatable bonds is 5. The average Bonchev–Trinajstić information content (AvgIpc) is 3.10. The van der Waals surface area contributed by atoms with E-state index in [1.54, 1.807) is 0 Å². The fourth-order valence-electron chi connectivity index (χ4n) is 3.70. The lowest BCUT2D eigenvalue weighted by molar-refractivity contribution is -0.194. The molecule has 3 unspecified atom stereocenters. The SMILES string of the molecule is CCOC1CC(NC(=NCc2ccccc2)N(C)C)C12CCCO2. The van der Waals surface area contributed by atoms with Crippen molar-refractivity contribution in [2.75, 3.05) is 27.3 Å². The fraction of sp³-hybridized carbons (Fsp3) is 0.632. The molecular weight excluding hydrogens is 302 g/mol. The number of hydrogen-bond donors (Lipinski definition) is 1. The molecule has 5 heteroatoms. The van der Waals surface area contributed by atoms with Gasteiger partial charge in [-0.1, -0.05) is 30.3 Å². The van der Waals surface area contributed by atoms with Crippen molar-refractivity contribution in [2.24, 2.45) is 4.99 Å². The lowest BCUT2D eigenvalue weighted by Gasteiger charge is -2.53. The zero-order valence-electron chi connectivity index (χ0n) is 15.0. The molecule has 0 amide bonds. The minimum atomic E-state index is -0.167. The number of nitrogens with zero attached hydrogens (tertiary/aromatic N) is 2. The predicted molar refractivity (Wildman–Crippen MR) is 96.1 cm³/mol. The van der Waals surface area contributed by atoms with Crippen molar-refractivity contribution < 1.29 is 9.47 Å². The van der Waals surface area contributed by atoms with Gasteiger partial charge >= 0.3 is 0 Å². The summed E-state index contributed by atoms with van der Waals surface area (Å²) >= 11 is 0. The summed E-state index contributed by atoms with van der Waals surface area (Å²) in [6, 6.07) is 10.6. The van der Waals surface area contributed by atoms with Crippen LogP contribution in [0, 0.1) is 0 Å². The predicted octanol–water partition coefficient (Wildman–Crippen LogP) is 2.42. The topological polar surface area (TPSA) is 46.1 Å². The Morgan fingerprint density at radius 2 is 2.17 bits per heavy atom. The van der Waals surface area contributed by atoms with Crippen LogP contribution in [0.3, 0.4) is 0 Å². The van der Waals surface area contributed by atoms with Crippen LogP contribution in [0.4, 0.5) is 0 Å². The molecule has 0 aromatic heterocycles. The van der Waals surface area contributed by atoms with E-state index in [9.17, 15) is 0 Å². The van der Waals surface area contributed by atoms with Gasteiger partial charge in [0.15, 0.2) is 5.96 Å². The van der Waals surface area contributed by atoms with Crippen molar-refractivity contribution >= 4 is 5.96 Å². The summed E-state index contributed by atoms with van der Waals surface area (Å²) in [5.41, 5.74) is 1.05. The highest BCUT2D eigenvalue weighted by Gasteiger charge is 2.59. The zero-order valence-corrected chi connectivity index (χ0v) is 15.0. The Balaban J connectivity index is 1.67. The Labute approximate surface area is 145 Å². The molecule has 1 aromatic carbocycles. The van der Waals surface area contributed by atoms with Gasteiger partial charge in [0.2, 0.25) is 0 Å². The molecule has 1 saturated heterocycles. The van der Waals surface area contributed by atoms with Gasteiger partial charge in [0.05, 0.1) is 18.7 Å². The van der Waals surface area contributed by atoms with E-state index < -0.39 is 0 Å². The van der Waals surface area contributed by atoms with Gasteiger partial charge in [0.1, 0.15) is 5.60 Å². The molecule has 24 heavy (non-hydrogen) atoms. The normalized spacial score (nSPS) is 29.5. The van der Waals surface area contributed by atoms with Crippen molar-refractivity contribution in [2.45, 2.75) is 50.5 Å². The van der Waals surface area contributed by atoms with Gasteiger partial charge in [-0.15, -0.1) is 0 Å². The first-order valence-electron chi connectivity index (χ1n) is 8.93. The van der Waals surface area contributed by atoms with Crippen molar-refractivity contribution in [1.29, 1.82) is 0 Å². The third-order valence-electron chi connectivity index (χ3n) is 5.02. The number of guanidine groups is 1. The summed E-state index contributed by atoms with van der Waals surface area (Å²) < 4.78 is 12.0. The number of nitrogens with one attached hydrogen (secondary N) is 1. The molecular formula is C19H29N3O2. The van der Waals surface area contributed by atoms with E-state index in [1.165, 1.54) is 5.56 Å². The van der Waals surface area contributed by atoms with Crippen molar-refractivity contribution in [1.82, 2.24) is 10.2 Å². The quantitative estimate of drug-likeness (QED) is 0.665. The summed E-state index contributed by atoms with van der Waals surface area (Å²) in [6.07, 6.45) is 3.36. The summed E-state index contributed by atoms with van der Waals surface area (Å²) in [6.45, 7) is 4.30. The molecule has 3 atom stereocenters. The molecule has 1 aromatic rings. The maximum Gasteiger partial charge on any atom is 0.194 e. The molecule has 1 saturated carbocycles. The Morgan fingerprint density at radius 1 is 1.38 bits per heavy atom. The second-order valence-electron chi connectivity index (χ2n) is 6.80. The van der Waals surface area contributed by atoms with Gasteiger partial charge in [-0.05, 0) is 31.7 Å². The molecule has 3 rings (SSSR count). The second kappa shape index (κ2) is 7.53.